The number of rotatable bonds is 5. The predicted molar refractivity (Wildman–Crippen MR) is 144 cm³/mol. The molecule has 1 aromatic carbocycles. The van der Waals surface area contributed by atoms with Crippen LogP contribution in [0.25, 0.3) is 10.9 Å². The number of hydrogen-bond acceptors (Lipinski definition) is 8. The summed E-state index contributed by atoms with van der Waals surface area (Å²) in [7, 11) is 0. The van der Waals surface area contributed by atoms with Crippen molar-refractivity contribution in [3.8, 4) is 6.07 Å². The molecule has 40 heavy (non-hydrogen) atoms. The molecule has 12 heteroatoms. The van der Waals surface area contributed by atoms with E-state index in [0.29, 0.717) is 48.5 Å². The van der Waals surface area contributed by atoms with Gasteiger partial charge in [0.05, 0.1) is 40.9 Å². The molecule has 0 spiro atoms. The van der Waals surface area contributed by atoms with Crippen LogP contribution < -0.4 is 15.5 Å². The molecule has 0 aliphatic carbocycles. The molecule has 6 rings (SSSR count). The molecular formula is C28H24FN9O2. The number of piperidine rings is 1. The van der Waals surface area contributed by atoms with Crippen LogP contribution in [-0.2, 0) is 6.54 Å². The van der Waals surface area contributed by atoms with Gasteiger partial charge < -0.3 is 15.5 Å². The van der Waals surface area contributed by atoms with Gasteiger partial charge in [0.2, 0.25) is 0 Å². The Balaban J connectivity index is 1.21. The zero-order valence-electron chi connectivity index (χ0n) is 21.4. The molecule has 3 amide bonds. The second-order valence-electron chi connectivity index (χ2n) is 9.82. The fraction of sp³-hybridized carbons (Fsp3) is 0.250. The molecule has 2 aliphatic heterocycles. The number of benzene rings is 1. The van der Waals surface area contributed by atoms with Crippen molar-refractivity contribution in [1.29, 1.82) is 5.26 Å². The number of nitriles is 1. The second-order valence-corrected chi connectivity index (χ2v) is 9.82. The number of nitrogens with two attached hydrogens (primary N) is 1. The Morgan fingerprint density at radius 3 is 2.73 bits per heavy atom. The Morgan fingerprint density at radius 2 is 1.95 bits per heavy atom. The number of nitrogens with zero attached hydrogens (tertiary/aromatic N) is 8. The van der Waals surface area contributed by atoms with Crippen LogP contribution in [0.2, 0.25) is 0 Å². The number of hydrogen-bond donors (Lipinski definition) is 1. The lowest BCUT2D eigenvalue weighted by Crippen LogP contribution is -2.48. The quantitative estimate of drug-likeness (QED) is 0.407. The maximum absolute atomic E-state index is 14.0. The molecule has 0 atom stereocenters. The smallest absolute Gasteiger partial charge is 0.329 e. The van der Waals surface area contributed by atoms with E-state index >= 15 is 0 Å². The maximum Gasteiger partial charge on any atom is 0.329 e. The van der Waals surface area contributed by atoms with Crippen LogP contribution in [0, 0.1) is 23.1 Å². The molecule has 200 valence electrons. The van der Waals surface area contributed by atoms with E-state index in [1.54, 1.807) is 29.3 Å². The molecule has 1 fully saturated rings. The number of urea groups is 1. The minimum absolute atomic E-state index is 0.129. The van der Waals surface area contributed by atoms with Crippen LogP contribution in [0.5, 0.6) is 0 Å². The van der Waals surface area contributed by atoms with Crippen molar-refractivity contribution < 1.29 is 14.0 Å². The third-order valence-electron chi connectivity index (χ3n) is 7.38. The van der Waals surface area contributed by atoms with E-state index in [9.17, 15) is 19.2 Å². The van der Waals surface area contributed by atoms with Crippen LogP contribution >= 0.6 is 0 Å². The SMILES string of the molecule is N#Cc1cc(N2C(=O)N(CC3CCN(c4ncnc5cnc(C(N)=O)cc45)CC3)Cc3ncccc32)ccc1F. The molecule has 11 nitrogen and oxygen atoms in total. The summed E-state index contributed by atoms with van der Waals surface area (Å²) >= 11 is 0. The van der Waals surface area contributed by atoms with E-state index in [-0.39, 0.29) is 23.2 Å². The number of fused-ring (bicyclic) bond motifs is 2. The monoisotopic (exact) mass is 537 g/mol. The third-order valence-corrected chi connectivity index (χ3v) is 7.38. The number of amides is 3. The Labute approximate surface area is 228 Å². The fourth-order valence-corrected chi connectivity index (χ4v) is 5.35. The van der Waals surface area contributed by atoms with Crippen molar-refractivity contribution in [2.45, 2.75) is 19.4 Å². The Kier molecular flexibility index (Phi) is 6.39. The number of halogens is 1. The van der Waals surface area contributed by atoms with E-state index in [2.05, 4.69) is 24.8 Å². The lowest BCUT2D eigenvalue weighted by Gasteiger charge is -2.40. The summed E-state index contributed by atoms with van der Waals surface area (Å²) in [6, 6.07) is 10.9. The Morgan fingerprint density at radius 1 is 1.12 bits per heavy atom. The average Bonchev–Trinajstić information content (AvgIpc) is 2.98. The van der Waals surface area contributed by atoms with E-state index < -0.39 is 11.7 Å². The van der Waals surface area contributed by atoms with Gasteiger partial charge in [-0.3, -0.25) is 14.7 Å². The van der Waals surface area contributed by atoms with Gasteiger partial charge in [0.15, 0.2) is 0 Å². The van der Waals surface area contributed by atoms with E-state index in [0.717, 1.165) is 24.4 Å². The minimum atomic E-state index is -0.635. The summed E-state index contributed by atoms with van der Waals surface area (Å²) in [5.41, 5.74) is 7.84. The third kappa shape index (κ3) is 4.51. The fourth-order valence-electron chi connectivity index (χ4n) is 5.35. The molecule has 0 radical (unpaired) electrons. The summed E-state index contributed by atoms with van der Waals surface area (Å²) < 4.78 is 14.0. The molecule has 0 bridgehead atoms. The zero-order valence-corrected chi connectivity index (χ0v) is 21.4. The van der Waals surface area contributed by atoms with Gasteiger partial charge in [-0.2, -0.15) is 5.26 Å². The van der Waals surface area contributed by atoms with Gasteiger partial charge in [0.25, 0.3) is 5.91 Å². The lowest BCUT2D eigenvalue weighted by atomic mass is 9.95. The second kappa shape index (κ2) is 10.2. The molecular weight excluding hydrogens is 513 g/mol. The Bertz CT molecular complexity index is 1680. The van der Waals surface area contributed by atoms with Gasteiger partial charge in [-0.25, -0.2) is 24.1 Å². The van der Waals surface area contributed by atoms with Crippen LogP contribution in [0.15, 0.2) is 55.1 Å². The highest BCUT2D eigenvalue weighted by Crippen LogP contribution is 2.36. The van der Waals surface area contributed by atoms with Crippen molar-refractivity contribution in [2.24, 2.45) is 11.7 Å². The first-order valence-corrected chi connectivity index (χ1v) is 12.8. The van der Waals surface area contributed by atoms with E-state index in [4.69, 9.17) is 5.73 Å². The molecule has 2 aliphatic rings. The Hall–Kier alpha value is -5.18. The highest BCUT2D eigenvalue weighted by molar-refractivity contribution is 6.01. The maximum atomic E-state index is 14.0. The van der Waals surface area contributed by atoms with Crippen molar-refractivity contribution in [1.82, 2.24) is 24.8 Å². The molecule has 0 unspecified atom stereocenters. The summed E-state index contributed by atoms with van der Waals surface area (Å²) in [6.45, 7) is 2.29. The highest BCUT2D eigenvalue weighted by atomic mass is 19.1. The minimum Gasteiger partial charge on any atom is -0.364 e. The summed E-state index contributed by atoms with van der Waals surface area (Å²) in [5, 5.41) is 10.0. The van der Waals surface area contributed by atoms with Gasteiger partial charge >= 0.3 is 6.03 Å². The number of aromatic nitrogens is 4. The predicted octanol–water partition coefficient (Wildman–Crippen LogP) is 3.52. The average molecular weight is 538 g/mol. The van der Waals surface area contributed by atoms with Gasteiger partial charge in [0.1, 0.15) is 29.7 Å². The van der Waals surface area contributed by atoms with E-state index in [1.165, 1.54) is 35.6 Å². The molecule has 2 N–H and O–H groups in total. The first-order chi connectivity index (χ1) is 19.4. The molecule has 1 saturated heterocycles. The molecule has 5 heterocycles. The van der Waals surface area contributed by atoms with Crippen LogP contribution in [-0.4, -0.2) is 56.4 Å². The zero-order chi connectivity index (χ0) is 27.8. The first-order valence-electron chi connectivity index (χ1n) is 12.8. The van der Waals surface area contributed by atoms with Crippen molar-refractivity contribution in [3.63, 3.8) is 0 Å². The summed E-state index contributed by atoms with van der Waals surface area (Å²) in [4.78, 5) is 48.1. The number of primary amides is 1. The standard InChI is InChI=1S/C28H24FN9O2/c29-21-4-3-19(10-18(21)12-30)38-25-2-1-7-32-24(25)15-37(28(38)40)14-17-5-8-36(9-6-17)27-20-11-22(26(31)39)33-13-23(20)34-16-35-27/h1-4,7,10-11,13,16-17H,5-6,8-9,14-15H2,(H2,31,39). The topological polar surface area (TPSA) is 145 Å². The largest absolute Gasteiger partial charge is 0.364 e. The molecule has 0 saturated carbocycles. The normalized spacial score (nSPS) is 15.7. The number of pyridine rings is 2. The summed E-state index contributed by atoms with van der Waals surface area (Å²) in [5.74, 6) is -0.303. The van der Waals surface area contributed by atoms with Gasteiger partial charge in [-0.05, 0) is 55.2 Å². The number of carbonyl (C=O) groups excluding carboxylic acids is 2. The van der Waals surface area contributed by atoms with Crippen LogP contribution in [0.1, 0.15) is 34.6 Å². The van der Waals surface area contributed by atoms with Crippen molar-refractivity contribution >= 4 is 40.0 Å². The number of anilines is 3. The highest BCUT2D eigenvalue weighted by Gasteiger charge is 2.34. The van der Waals surface area contributed by atoms with Gasteiger partial charge in [-0.15, -0.1) is 0 Å². The summed E-state index contributed by atoms with van der Waals surface area (Å²) in [6.07, 6.45) is 6.31. The van der Waals surface area contributed by atoms with E-state index in [1.807, 2.05) is 6.07 Å². The van der Waals surface area contributed by atoms with Crippen LogP contribution in [0.4, 0.5) is 26.4 Å². The van der Waals surface area contributed by atoms with Gasteiger partial charge in [0, 0.05) is 31.2 Å². The van der Waals surface area contributed by atoms with Crippen molar-refractivity contribution in [3.05, 3.63) is 77.9 Å². The molecule has 3 aromatic heterocycles. The first kappa shape index (κ1) is 25.1. The number of carbonyl (C=O) groups is 2. The van der Waals surface area contributed by atoms with Crippen LogP contribution in [0.3, 0.4) is 0 Å². The molecule has 4 aromatic rings. The lowest BCUT2D eigenvalue weighted by molar-refractivity contribution is 0.0995. The van der Waals surface area contributed by atoms with Gasteiger partial charge in [-0.1, -0.05) is 0 Å². The van der Waals surface area contributed by atoms with Crippen molar-refractivity contribution in [2.75, 3.05) is 29.4 Å².